The highest BCUT2D eigenvalue weighted by atomic mass is 32.2. The second-order valence-corrected chi connectivity index (χ2v) is 5.61. The molecule has 0 fully saturated rings. The van der Waals surface area contributed by atoms with Crippen molar-refractivity contribution < 1.29 is 23.1 Å². The van der Waals surface area contributed by atoms with Crippen molar-refractivity contribution in [3.63, 3.8) is 0 Å². The van der Waals surface area contributed by atoms with Crippen LogP contribution < -0.4 is 4.72 Å². The lowest BCUT2D eigenvalue weighted by Crippen LogP contribution is -2.20. The van der Waals surface area contributed by atoms with Crippen molar-refractivity contribution in [3.8, 4) is 0 Å². The Labute approximate surface area is 117 Å². The van der Waals surface area contributed by atoms with Crippen molar-refractivity contribution in [1.29, 1.82) is 0 Å². The van der Waals surface area contributed by atoms with E-state index >= 15 is 0 Å². The van der Waals surface area contributed by atoms with E-state index in [1.165, 1.54) is 18.3 Å². The fourth-order valence-corrected chi connectivity index (χ4v) is 2.17. The lowest BCUT2D eigenvalue weighted by molar-refractivity contribution is -0.131. The number of ether oxygens (including phenoxy) is 1. The average Bonchev–Trinajstić information content (AvgIpc) is 2.36. The number of pyridine rings is 1. The van der Waals surface area contributed by atoms with Gasteiger partial charge in [0.25, 0.3) is 0 Å². The van der Waals surface area contributed by atoms with Crippen LogP contribution >= 0.6 is 0 Å². The fraction of sp³-hybridized carbons (Fsp3) is 0.333. The quantitative estimate of drug-likeness (QED) is 0.547. The largest absolute Gasteiger partial charge is 0.478 e. The summed E-state index contributed by atoms with van der Waals surface area (Å²) in [6.07, 6.45) is 3.70. The van der Waals surface area contributed by atoms with Crippen LogP contribution in [0.1, 0.15) is 12.5 Å². The van der Waals surface area contributed by atoms with E-state index in [0.29, 0.717) is 12.2 Å². The third-order valence-electron chi connectivity index (χ3n) is 2.16. The van der Waals surface area contributed by atoms with E-state index in [9.17, 15) is 13.2 Å². The molecular formula is C12H16N2O5S. The molecule has 7 nitrogen and oxygen atoms in total. The van der Waals surface area contributed by atoms with Gasteiger partial charge in [-0.3, -0.25) is 4.72 Å². The fourth-order valence-electron chi connectivity index (χ4n) is 1.30. The molecule has 1 heterocycles. The van der Waals surface area contributed by atoms with Crippen LogP contribution in [-0.4, -0.2) is 43.4 Å². The van der Waals surface area contributed by atoms with Gasteiger partial charge in [-0.1, -0.05) is 0 Å². The number of nitrogens with zero attached hydrogens (tertiary/aromatic N) is 1. The second-order valence-electron chi connectivity index (χ2n) is 3.76. The summed E-state index contributed by atoms with van der Waals surface area (Å²) < 4.78 is 30.7. The molecular weight excluding hydrogens is 284 g/mol. The van der Waals surface area contributed by atoms with Gasteiger partial charge in [0, 0.05) is 18.9 Å². The van der Waals surface area contributed by atoms with Crippen LogP contribution in [0.4, 0.5) is 5.82 Å². The molecule has 0 bridgehead atoms. The van der Waals surface area contributed by atoms with E-state index in [2.05, 4.69) is 9.71 Å². The molecule has 110 valence electrons. The van der Waals surface area contributed by atoms with Gasteiger partial charge in [0.1, 0.15) is 5.82 Å². The minimum atomic E-state index is -3.53. The lowest BCUT2D eigenvalue weighted by atomic mass is 10.2. The third-order valence-corrected chi connectivity index (χ3v) is 3.39. The molecule has 20 heavy (non-hydrogen) atoms. The van der Waals surface area contributed by atoms with E-state index in [1.807, 2.05) is 0 Å². The number of carbonyl (C=O) groups is 1. The van der Waals surface area contributed by atoms with Crippen LogP contribution in [0, 0.1) is 0 Å². The number of anilines is 1. The van der Waals surface area contributed by atoms with Gasteiger partial charge in [-0.15, -0.1) is 0 Å². The molecule has 0 amide bonds. The van der Waals surface area contributed by atoms with Crippen LogP contribution in [0.25, 0.3) is 6.08 Å². The zero-order valence-corrected chi connectivity index (χ0v) is 11.8. The number of carboxylic acid groups (broad SMARTS) is 1. The Kier molecular flexibility index (Phi) is 6.13. The maximum Gasteiger partial charge on any atom is 0.328 e. The molecule has 1 aromatic rings. The molecule has 0 aliphatic rings. The SMILES string of the molecule is CCOCCS(=O)(=O)Nc1cc(/C=C/C(=O)O)ccn1. The van der Waals surface area contributed by atoms with E-state index < -0.39 is 16.0 Å². The molecule has 2 N–H and O–H groups in total. The monoisotopic (exact) mass is 300 g/mol. The first-order valence-electron chi connectivity index (χ1n) is 5.88. The Balaban J connectivity index is 2.72. The highest BCUT2D eigenvalue weighted by Gasteiger charge is 2.11. The molecule has 1 aromatic heterocycles. The van der Waals surface area contributed by atoms with Gasteiger partial charge in [-0.05, 0) is 30.7 Å². The topological polar surface area (TPSA) is 106 Å². The Bertz CT molecular complexity index is 583. The number of carboxylic acids is 1. The summed E-state index contributed by atoms with van der Waals surface area (Å²) >= 11 is 0. The van der Waals surface area contributed by atoms with Crippen molar-refractivity contribution in [2.45, 2.75) is 6.92 Å². The molecule has 0 saturated carbocycles. The highest BCUT2D eigenvalue weighted by molar-refractivity contribution is 7.92. The Hall–Kier alpha value is -1.93. The number of rotatable bonds is 8. The standard InChI is InChI=1S/C12H16N2O5S/c1-2-19-7-8-20(17,18)14-11-9-10(5-6-13-11)3-4-12(15)16/h3-6,9H,2,7-8H2,1H3,(H,13,14)(H,15,16)/b4-3+. The molecule has 0 aromatic carbocycles. The number of aromatic nitrogens is 1. The Morgan fingerprint density at radius 1 is 1.55 bits per heavy atom. The van der Waals surface area contributed by atoms with Gasteiger partial charge in [-0.25, -0.2) is 18.2 Å². The Morgan fingerprint density at radius 2 is 2.30 bits per heavy atom. The molecule has 0 aliphatic carbocycles. The first kappa shape index (κ1) is 16.1. The van der Waals surface area contributed by atoms with Crippen molar-refractivity contribution in [3.05, 3.63) is 30.0 Å². The van der Waals surface area contributed by atoms with Gasteiger partial charge >= 0.3 is 5.97 Å². The van der Waals surface area contributed by atoms with E-state index in [-0.39, 0.29) is 18.2 Å². The minimum absolute atomic E-state index is 0.102. The number of nitrogens with one attached hydrogen (secondary N) is 1. The zero-order valence-electron chi connectivity index (χ0n) is 10.9. The summed E-state index contributed by atoms with van der Waals surface area (Å²) in [6.45, 7) is 2.33. The van der Waals surface area contributed by atoms with Gasteiger partial charge in [0.05, 0.1) is 12.4 Å². The van der Waals surface area contributed by atoms with E-state index in [1.54, 1.807) is 13.0 Å². The molecule has 0 radical (unpaired) electrons. The molecule has 0 spiro atoms. The molecule has 0 saturated heterocycles. The summed E-state index contributed by atoms with van der Waals surface area (Å²) in [7, 11) is -3.53. The maximum absolute atomic E-state index is 11.7. The van der Waals surface area contributed by atoms with Crippen LogP contribution in [0.2, 0.25) is 0 Å². The van der Waals surface area contributed by atoms with Gasteiger partial charge in [0.15, 0.2) is 0 Å². The minimum Gasteiger partial charge on any atom is -0.478 e. The maximum atomic E-state index is 11.7. The average molecular weight is 300 g/mol. The van der Waals surface area contributed by atoms with Crippen molar-refractivity contribution in [2.24, 2.45) is 0 Å². The summed E-state index contributed by atoms with van der Waals surface area (Å²) in [5.41, 5.74) is 0.532. The third kappa shape index (κ3) is 6.30. The van der Waals surface area contributed by atoms with E-state index in [4.69, 9.17) is 9.84 Å². The summed E-state index contributed by atoms with van der Waals surface area (Å²) in [5, 5.41) is 8.52. The smallest absolute Gasteiger partial charge is 0.328 e. The second kappa shape index (κ2) is 7.61. The van der Waals surface area contributed by atoms with Crippen molar-refractivity contribution in [2.75, 3.05) is 23.7 Å². The highest BCUT2D eigenvalue weighted by Crippen LogP contribution is 2.10. The molecule has 1 rings (SSSR count). The van der Waals surface area contributed by atoms with Gasteiger partial charge in [0.2, 0.25) is 10.0 Å². The first-order valence-corrected chi connectivity index (χ1v) is 7.53. The lowest BCUT2D eigenvalue weighted by Gasteiger charge is -2.07. The molecule has 0 atom stereocenters. The molecule has 0 unspecified atom stereocenters. The number of hydrogen-bond donors (Lipinski definition) is 2. The van der Waals surface area contributed by atoms with E-state index in [0.717, 1.165) is 6.08 Å². The normalized spacial score (nSPS) is 11.7. The van der Waals surface area contributed by atoms with Crippen LogP contribution in [0.15, 0.2) is 24.4 Å². The van der Waals surface area contributed by atoms with Crippen molar-refractivity contribution in [1.82, 2.24) is 4.98 Å². The summed E-state index contributed by atoms with van der Waals surface area (Å²) in [5.74, 6) is -1.12. The van der Waals surface area contributed by atoms with Gasteiger partial charge < -0.3 is 9.84 Å². The first-order chi connectivity index (χ1) is 9.43. The molecule has 8 heteroatoms. The predicted octanol–water partition coefficient (Wildman–Crippen LogP) is 0.958. The van der Waals surface area contributed by atoms with Crippen LogP contribution in [-0.2, 0) is 19.6 Å². The van der Waals surface area contributed by atoms with Crippen molar-refractivity contribution >= 4 is 27.9 Å². The number of sulfonamides is 1. The zero-order chi connectivity index (χ0) is 15.0. The number of aliphatic carboxylic acids is 1. The summed E-state index contributed by atoms with van der Waals surface area (Å²) in [6, 6.07) is 3.01. The molecule has 0 aliphatic heterocycles. The number of hydrogen-bond acceptors (Lipinski definition) is 5. The summed E-state index contributed by atoms with van der Waals surface area (Å²) in [4.78, 5) is 14.3. The predicted molar refractivity (Wildman–Crippen MR) is 74.8 cm³/mol. The Morgan fingerprint density at radius 3 is 2.95 bits per heavy atom. The van der Waals surface area contributed by atoms with Gasteiger partial charge in [-0.2, -0.15) is 0 Å². The van der Waals surface area contributed by atoms with Crippen LogP contribution in [0.3, 0.4) is 0 Å². The van der Waals surface area contributed by atoms with Crippen LogP contribution in [0.5, 0.6) is 0 Å².